The Morgan fingerprint density at radius 3 is 2.41 bits per heavy atom. The largest absolute Gasteiger partial charge is 0.481 e. The van der Waals surface area contributed by atoms with E-state index in [4.69, 9.17) is 5.73 Å². The number of primary amides is 1. The highest BCUT2D eigenvalue weighted by molar-refractivity contribution is 7.17. The molecule has 0 aliphatic heterocycles. The van der Waals surface area contributed by atoms with E-state index in [1.54, 1.807) is 0 Å². The van der Waals surface area contributed by atoms with Crippen molar-refractivity contribution in [2.75, 3.05) is 5.32 Å². The molecule has 2 aliphatic rings. The number of nitrogens with two attached hydrogens (primary N) is 1. The van der Waals surface area contributed by atoms with Crippen LogP contribution < -0.4 is 11.1 Å². The third kappa shape index (κ3) is 4.34. The maximum Gasteiger partial charge on any atom is 0.307 e. The molecule has 160 valence electrons. The third-order valence-corrected chi connectivity index (χ3v) is 8.35. The maximum atomic E-state index is 12.9. The number of thiophene rings is 1. The van der Waals surface area contributed by atoms with E-state index >= 15 is 0 Å². The minimum atomic E-state index is -0.921. The molecule has 1 fully saturated rings. The number of anilines is 1. The highest BCUT2D eigenvalue weighted by atomic mass is 32.1. The highest BCUT2D eigenvalue weighted by Crippen LogP contribution is 2.45. The van der Waals surface area contributed by atoms with Crippen molar-refractivity contribution in [3.05, 3.63) is 16.0 Å². The first-order valence-corrected chi connectivity index (χ1v) is 11.4. The van der Waals surface area contributed by atoms with Crippen LogP contribution in [0.3, 0.4) is 0 Å². The summed E-state index contributed by atoms with van der Waals surface area (Å²) < 4.78 is 0. The van der Waals surface area contributed by atoms with Crippen LogP contribution in [-0.2, 0) is 22.4 Å². The Labute approximate surface area is 176 Å². The first kappa shape index (κ1) is 21.8. The molecule has 6 nitrogen and oxygen atoms in total. The fraction of sp³-hybridized carbons (Fsp3) is 0.682. The summed E-state index contributed by atoms with van der Waals surface area (Å²) in [6, 6.07) is 0. The molecule has 1 aromatic rings. The lowest BCUT2D eigenvalue weighted by Gasteiger charge is -2.36. The van der Waals surface area contributed by atoms with Gasteiger partial charge in [-0.2, -0.15) is 0 Å². The minimum Gasteiger partial charge on any atom is -0.481 e. The number of nitrogens with one attached hydrogen (secondary N) is 1. The molecule has 1 heterocycles. The number of carbonyl (C=O) groups excluding carboxylic acids is 2. The maximum absolute atomic E-state index is 12.9. The summed E-state index contributed by atoms with van der Waals surface area (Å²) in [7, 11) is 0. The van der Waals surface area contributed by atoms with E-state index < -0.39 is 23.7 Å². The van der Waals surface area contributed by atoms with E-state index in [0.29, 0.717) is 29.3 Å². The number of carboxylic acids is 1. The second kappa shape index (κ2) is 8.46. The fourth-order valence-corrected chi connectivity index (χ4v) is 6.17. The molecule has 3 atom stereocenters. The normalized spacial score (nSPS) is 24.6. The first-order chi connectivity index (χ1) is 13.7. The van der Waals surface area contributed by atoms with E-state index in [0.717, 1.165) is 49.0 Å². The number of fused-ring (bicyclic) bond motifs is 1. The minimum absolute atomic E-state index is 0.217. The fourth-order valence-electron chi connectivity index (χ4n) is 4.84. The van der Waals surface area contributed by atoms with Crippen molar-refractivity contribution in [3.63, 3.8) is 0 Å². The van der Waals surface area contributed by atoms with Crippen molar-refractivity contribution >= 4 is 34.1 Å². The molecule has 0 unspecified atom stereocenters. The molecule has 0 bridgehead atoms. The van der Waals surface area contributed by atoms with Gasteiger partial charge < -0.3 is 16.2 Å². The predicted molar refractivity (Wildman–Crippen MR) is 114 cm³/mol. The lowest BCUT2D eigenvalue weighted by molar-refractivity contribution is -0.147. The quantitative estimate of drug-likeness (QED) is 0.640. The molecular weight excluding hydrogens is 388 g/mol. The van der Waals surface area contributed by atoms with Gasteiger partial charge in [-0.3, -0.25) is 14.4 Å². The van der Waals surface area contributed by atoms with Gasteiger partial charge in [0, 0.05) is 4.88 Å². The SMILES string of the molecule is CCC(C)(C)[C@H]1CCc2c(sc(NC(=O)[C@H]3CCCC[C@@H]3C(=O)O)c2C(N)=O)C1. The van der Waals surface area contributed by atoms with Crippen LogP contribution >= 0.6 is 11.3 Å². The lowest BCUT2D eigenvalue weighted by Crippen LogP contribution is -2.36. The summed E-state index contributed by atoms with van der Waals surface area (Å²) in [5, 5.41) is 12.9. The van der Waals surface area contributed by atoms with Crippen molar-refractivity contribution in [3.8, 4) is 0 Å². The first-order valence-electron chi connectivity index (χ1n) is 10.6. The summed E-state index contributed by atoms with van der Waals surface area (Å²) in [6.45, 7) is 6.76. The summed E-state index contributed by atoms with van der Waals surface area (Å²) >= 11 is 1.44. The van der Waals surface area contributed by atoms with Gasteiger partial charge in [-0.05, 0) is 49.0 Å². The molecule has 2 amide bonds. The smallest absolute Gasteiger partial charge is 0.307 e. The number of aliphatic carboxylic acids is 1. The van der Waals surface area contributed by atoms with E-state index in [1.807, 2.05) is 0 Å². The zero-order valence-corrected chi connectivity index (χ0v) is 18.4. The Bertz CT molecular complexity index is 814. The zero-order valence-electron chi connectivity index (χ0n) is 17.5. The van der Waals surface area contributed by atoms with E-state index in [9.17, 15) is 19.5 Å². The van der Waals surface area contributed by atoms with Gasteiger partial charge in [0.1, 0.15) is 5.00 Å². The van der Waals surface area contributed by atoms with Gasteiger partial charge in [0.2, 0.25) is 5.91 Å². The Morgan fingerprint density at radius 1 is 1.17 bits per heavy atom. The Kier molecular flexibility index (Phi) is 6.36. The van der Waals surface area contributed by atoms with Crippen molar-refractivity contribution in [2.24, 2.45) is 28.9 Å². The summed E-state index contributed by atoms with van der Waals surface area (Å²) in [4.78, 5) is 37.8. The number of hydrogen-bond donors (Lipinski definition) is 3. The molecular formula is C22H32N2O4S. The van der Waals surface area contributed by atoms with Crippen LogP contribution in [0.2, 0.25) is 0 Å². The Morgan fingerprint density at radius 2 is 1.83 bits per heavy atom. The molecule has 0 aromatic carbocycles. The van der Waals surface area contributed by atoms with E-state index in [1.165, 1.54) is 11.3 Å². The molecule has 4 N–H and O–H groups in total. The van der Waals surface area contributed by atoms with Gasteiger partial charge in [-0.25, -0.2) is 0 Å². The summed E-state index contributed by atoms with van der Waals surface area (Å²) in [5.41, 5.74) is 7.30. The van der Waals surface area contributed by atoms with Crippen LogP contribution in [0.4, 0.5) is 5.00 Å². The van der Waals surface area contributed by atoms with Crippen LogP contribution in [0.5, 0.6) is 0 Å². The van der Waals surface area contributed by atoms with Gasteiger partial charge in [0.05, 0.1) is 17.4 Å². The number of carboxylic acid groups (broad SMARTS) is 1. The molecule has 0 saturated heterocycles. The zero-order chi connectivity index (χ0) is 21.3. The molecule has 1 saturated carbocycles. The van der Waals surface area contributed by atoms with Crippen LogP contribution in [-0.4, -0.2) is 22.9 Å². The predicted octanol–water partition coefficient (Wildman–Crippen LogP) is 4.22. The molecule has 1 aromatic heterocycles. The highest BCUT2D eigenvalue weighted by Gasteiger charge is 2.38. The van der Waals surface area contributed by atoms with Gasteiger partial charge in [-0.1, -0.05) is 40.0 Å². The monoisotopic (exact) mass is 420 g/mol. The molecule has 3 rings (SSSR count). The van der Waals surface area contributed by atoms with Crippen molar-refractivity contribution in [1.29, 1.82) is 0 Å². The van der Waals surface area contributed by atoms with Crippen molar-refractivity contribution in [2.45, 2.75) is 72.1 Å². The number of hydrogen-bond acceptors (Lipinski definition) is 4. The van der Waals surface area contributed by atoms with Crippen LogP contribution in [0.1, 0.15) is 80.1 Å². The number of rotatable bonds is 6. The van der Waals surface area contributed by atoms with Crippen LogP contribution in [0.15, 0.2) is 0 Å². The third-order valence-electron chi connectivity index (χ3n) is 7.18. The molecule has 0 radical (unpaired) electrons. The molecule has 29 heavy (non-hydrogen) atoms. The topological polar surface area (TPSA) is 109 Å². The van der Waals surface area contributed by atoms with Crippen LogP contribution in [0, 0.1) is 23.2 Å². The second-order valence-electron chi connectivity index (χ2n) is 9.18. The van der Waals surface area contributed by atoms with E-state index in [-0.39, 0.29) is 11.3 Å². The Balaban J connectivity index is 1.86. The van der Waals surface area contributed by atoms with Gasteiger partial charge in [0.15, 0.2) is 0 Å². The van der Waals surface area contributed by atoms with Crippen molar-refractivity contribution < 1.29 is 19.5 Å². The number of carbonyl (C=O) groups is 3. The van der Waals surface area contributed by atoms with Gasteiger partial charge in [0.25, 0.3) is 5.91 Å². The summed E-state index contributed by atoms with van der Waals surface area (Å²) in [6.07, 6.45) is 6.52. The average Bonchev–Trinajstić information content (AvgIpc) is 3.04. The lowest BCUT2D eigenvalue weighted by atomic mass is 9.69. The standard InChI is InChI=1S/C22H32N2O4S/c1-4-22(2,3)12-9-10-15-16(11-12)29-20(17(15)18(23)25)24-19(26)13-7-5-6-8-14(13)21(27)28/h12-14H,4-11H2,1-3H3,(H2,23,25)(H,24,26)(H,27,28)/t12-,13-,14-/m0/s1. The van der Waals surface area contributed by atoms with Crippen molar-refractivity contribution in [1.82, 2.24) is 0 Å². The van der Waals surface area contributed by atoms with E-state index in [2.05, 4.69) is 26.1 Å². The number of amides is 2. The molecule has 7 heteroatoms. The van der Waals surface area contributed by atoms with Crippen LogP contribution in [0.25, 0.3) is 0 Å². The average molecular weight is 421 g/mol. The molecule has 2 aliphatic carbocycles. The Hall–Kier alpha value is -1.89. The summed E-state index contributed by atoms with van der Waals surface area (Å²) in [5.74, 6) is -2.45. The van der Waals surface area contributed by atoms with Gasteiger partial charge >= 0.3 is 5.97 Å². The van der Waals surface area contributed by atoms with Gasteiger partial charge in [-0.15, -0.1) is 11.3 Å². The second-order valence-corrected chi connectivity index (χ2v) is 10.3. The molecule has 0 spiro atoms.